The molecular weight excluding hydrogens is 231 g/mol. The van der Waals surface area contributed by atoms with Gasteiger partial charge in [0.25, 0.3) is 0 Å². The lowest BCUT2D eigenvalue weighted by Crippen LogP contribution is -2.40. The highest BCUT2D eigenvalue weighted by Crippen LogP contribution is 2.24. The summed E-state index contributed by atoms with van der Waals surface area (Å²) < 4.78 is 37.3. The largest absolute Gasteiger partial charge is 0.405 e. The summed E-state index contributed by atoms with van der Waals surface area (Å²) >= 11 is 0. The molecule has 0 atom stereocenters. The summed E-state index contributed by atoms with van der Waals surface area (Å²) in [5.41, 5.74) is 0.144. The van der Waals surface area contributed by atoms with Crippen molar-refractivity contribution in [2.75, 3.05) is 11.4 Å². The summed E-state index contributed by atoms with van der Waals surface area (Å²) in [7, 11) is 0. The Morgan fingerprint density at radius 2 is 2.12 bits per heavy atom. The van der Waals surface area contributed by atoms with Crippen molar-refractivity contribution >= 4 is 5.82 Å². The first-order valence-electron chi connectivity index (χ1n) is 5.03. The van der Waals surface area contributed by atoms with E-state index >= 15 is 0 Å². The van der Waals surface area contributed by atoms with Crippen LogP contribution in [0.5, 0.6) is 0 Å². The molecule has 1 rings (SSSR count). The highest BCUT2D eigenvalue weighted by molar-refractivity contribution is 5.54. The fourth-order valence-electron chi connectivity index (χ4n) is 1.41. The summed E-state index contributed by atoms with van der Waals surface area (Å²) in [6.45, 7) is 2.14. The lowest BCUT2D eigenvalue weighted by molar-refractivity contribution is -0.120. The van der Waals surface area contributed by atoms with Gasteiger partial charge in [0, 0.05) is 12.2 Å². The topological polar surface area (TPSA) is 39.9 Å². The Bertz CT molecular complexity index is 421. The molecule has 0 bridgehead atoms. The second kappa shape index (κ2) is 5.04. The van der Waals surface area contributed by atoms with Crippen molar-refractivity contribution in [3.05, 3.63) is 23.9 Å². The first-order chi connectivity index (χ1) is 7.85. The normalized spacial score (nSPS) is 11.4. The number of halogens is 3. The lowest BCUT2D eigenvalue weighted by atomic mass is 10.2. The minimum atomic E-state index is -4.32. The molecule has 0 saturated carbocycles. The van der Waals surface area contributed by atoms with Crippen LogP contribution in [0.25, 0.3) is 0 Å². The molecule has 1 heterocycles. The van der Waals surface area contributed by atoms with E-state index in [0.717, 1.165) is 4.90 Å². The molecule has 0 aromatic carbocycles. The van der Waals surface area contributed by atoms with Gasteiger partial charge in [-0.1, -0.05) is 0 Å². The van der Waals surface area contributed by atoms with Gasteiger partial charge >= 0.3 is 6.18 Å². The maximum absolute atomic E-state index is 12.4. The summed E-state index contributed by atoms with van der Waals surface area (Å²) in [5.74, 6) is 0.0716. The van der Waals surface area contributed by atoms with Crippen molar-refractivity contribution in [2.24, 2.45) is 0 Å². The minimum absolute atomic E-state index is 0.0716. The third-order valence-electron chi connectivity index (χ3n) is 2.15. The molecule has 1 aromatic rings. The van der Waals surface area contributed by atoms with Crippen molar-refractivity contribution in [1.29, 1.82) is 5.26 Å². The van der Waals surface area contributed by atoms with Gasteiger partial charge < -0.3 is 4.90 Å². The van der Waals surface area contributed by atoms with Gasteiger partial charge in [0.15, 0.2) is 0 Å². The maximum Gasteiger partial charge on any atom is 0.405 e. The number of pyridine rings is 1. The van der Waals surface area contributed by atoms with Gasteiger partial charge in [-0.05, 0) is 26.0 Å². The van der Waals surface area contributed by atoms with Gasteiger partial charge in [-0.25, -0.2) is 4.98 Å². The van der Waals surface area contributed by atoms with Crippen molar-refractivity contribution < 1.29 is 13.2 Å². The molecule has 0 unspecified atom stereocenters. The average molecular weight is 243 g/mol. The van der Waals surface area contributed by atoms with Gasteiger partial charge in [0.1, 0.15) is 18.4 Å². The Labute approximate surface area is 97.5 Å². The molecule has 0 aliphatic carbocycles. The van der Waals surface area contributed by atoms with Gasteiger partial charge in [0.05, 0.1) is 5.56 Å². The molecule has 0 fully saturated rings. The van der Waals surface area contributed by atoms with E-state index in [4.69, 9.17) is 5.26 Å². The van der Waals surface area contributed by atoms with Crippen molar-refractivity contribution in [3.63, 3.8) is 0 Å². The SMILES string of the molecule is CC(C)N(CC(F)(F)F)c1ncccc1C#N. The molecule has 1 aromatic heterocycles. The van der Waals surface area contributed by atoms with Crippen LogP contribution in [0.3, 0.4) is 0 Å². The van der Waals surface area contributed by atoms with Crippen LogP contribution in [-0.4, -0.2) is 23.7 Å². The zero-order valence-electron chi connectivity index (χ0n) is 9.49. The zero-order chi connectivity index (χ0) is 13.1. The molecule has 92 valence electrons. The number of aromatic nitrogens is 1. The number of anilines is 1. The van der Waals surface area contributed by atoms with Crippen LogP contribution in [0, 0.1) is 11.3 Å². The summed E-state index contributed by atoms with van der Waals surface area (Å²) in [6, 6.07) is 4.43. The monoisotopic (exact) mass is 243 g/mol. The van der Waals surface area contributed by atoms with Crippen LogP contribution in [0.2, 0.25) is 0 Å². The summed E-state index contributed by atoms with van der Waals surface area (Å²) in [6.07, 6.45) is -2.95. The Balaban J connectivity index is 3.11. The smallest absolute Gasteiger partial charge is 0.344 e. The van der Waals surface area contributed by atoms with Crippen LogP contribution in [0.4, 0.5) is 19.0 Å². The third-order valence-corrected chi connectivity index (χ3v) is 2.15. The van der Waals surface area contributed by atoms with E-state index in [-0.39, 0.29) is 11.4 Å². The molecule has 0 radical (unpaired) electrons. The molecule has 0 aliphatic heterocycles. The Morgan fingerprint density at radius 1 is 1.47 bits per heavy atom. The van der Waals surface area contributed by atoms with E-state index in [9.17, 15) is 13.2 Å². The van der Waals surface area contributed by atoms with Gasteiger partial charge in [-0.3, -0.25) is 0 Å². The molecule has 17 heavy (non-hydrogen) atoms. The first kappa shape index (κ1) is 13.3. The number of nitrogens with zero attached hydrogens (tertiary/aromatic N) is 3. The molecule has 0 amide bonds. The molecule has 0 saturated heterocycles. The Kier molecular flexibility index (Phi) is 3.94. The van der Waals surface area contributed by atoms with Crippen LogP contribution >= 0.6 is 0 Å². The van der Waals surface area contributed by atoms with Gasteiger partial charge in [-0.15, -0.1) is 0 Å². The molecule has 0 N–H and O–H groups in total. The van der Waals surface area contributed by atoms with Crippen LogP contribution in [0.1, 0.15) is 19.4 Å². The Hall–Kier alpha value is -1.77. The van der Waals surface area contributed by atoms with Crippen molar-refractivity contribution in [2.45, 2.75) is 26.1 Å². The van der Waals surface area contributed by atoms with Gasteiger partial charge in [0.2, 0.25) is 0 Å². The quantitative estimate of drug-likeness (QED) is 0.819. The molecule has 0 spiro atoms. The summed E-state index contributed by atoms with van der Waals surface area (Å²) in [4.78, 5) is 4.93. The number of alkyl halides is 3. The average Bonchev–Trinajstić information content (AvgIpc) is 2.24. The number of hydrogen-bond acceptors (Lipinski definition) is 3. The maximum atomic E-state index is 12.4. The number of nitriles is 1. The Morgan fingerprint density at radius 3 is 2.59 bits per heavy atom. The highest BCUT2D eigenvalue weighted by Gasteiger charge is 2.33. The van der Waals surface area contributed by atoms with E-state index in [1.807, 2.05) is 6.07 Å². The fourth-order valence-corrected chi connectivity index (χ4v) is 1.41. The first-order valence-corrected chi connectivity index (χ1v) is 5.03. The van der Waals surface area contributed by atoms with Gasteiger partial charge in [-0.2, -0.15) is 18.4 Å². The zero-order valence-corrected chi connectivity index (χ0v) is 9.49. The fraction of sp³-hybridized carbons (Fsp3) is 0.455. The second-order valence-electron chi connectivity index (χ2n) is 3.82. The molecule has 0 aliphatic rings. The van der Waals surface area contributed by atoms with E-state index < -0.39 is 18.8 Å². The lowest BCUT2D eigenvalue weighted by Gasteiger charge is -2.29. The second-order valence-corrected chi connectivity index (χ2v) is 3.82. The predicted octanol–water partition coefficient (Wildman–Crippen LogP) is 2.73. The van der Waals surface area contributed by atoms with E-state index in [1.165, 1.54) is 18.3 Å². The third kappa shape index (κ3) is 3.63. The predicted molar refractivity (Wildman–Crippen MR) is 57.5 cm³/mol. The van der Waals surface area contributed by atoms with Crippen molar-refractivity contribution in [1.82, 2.24) is 4.98 Å². The van der Waals surface area contributed by atoms with E-state index in [2.05, 4.69) is 4.98 Å². The summed E-state index contributed by atoms with van der Waals surface area (Å²) in [5, 5.41) is 8.85. The number of hydrogen-bond donors (Lipinski definition) is 0. The van der Waals surface area contributed by atoms with Crippen LogP contribution < -0.4 is 4.90 Å². The number of rotatable bonds is 3. The van der Waals surface area contributed by atoms with E-state index in [0.29, 0.717) is 0 Å². The van der Waals surface area contributed by atoms with E-state index in [1.54, 1.807) is 13.8 Å². The standard InChI is InChI=1S/C11H12F3N3/c1-8(2)17(7-11(12,13)14)10-9(6-15)4-3-5-16-10/h3-5,8H,7H2,1-2H3. The molecule has 3 nitrogen and oxygen atoms in total. The van der Waals surface area contributed by atoms with Crippen molar-refractivity contribution in [3.8, 4) is 6.07 Å². The highest BCUT2D eigenvalue weighted by atomic mass is 19.4. The minimum Gasteiger partial charge on any atom is -0.344 e. The molecule has 6 heteroatoms. The molecular formula is C11H12F3N3. The van der Waals surface area contributed by atoms with Crippen LogP contribution in [0.15, 0.2) is 18.3 Å². The van der Waals surface area contributed by atoms with Crippen LogP contribution in [-0.2, 0) is 0 Å².